The van der Waals surface area contributed by atoms with Crippen LogP contribution in [0.4, 0.5) is 4.79 Å². The van der Waals surface area contributed by atoms with Crippen LogP contribution in [0.25, 0.3) is 0 Å². The van der Waals surface area contributed by atoms with Gasteiger partial charge in [0, 0.05) is 31.0 Å². The summed E-state index contributed by atoms with van der Waals surface area (Å²) in [5, 5.41) is 8.39. The fourth-order valence-corrected chi connectivity index (χ4v) is 3.13. The van der Waals surface area contributed by atoms with Gasteiger partial charge in [0.25, 0.3) is 0 Å². The number of carbonyl (C=O) groups is 2. The SMILES string of the molecule is CCCCC(=O)NCCN.O=C1NC2CSCC2N1. The average Bonchev–Trinajstić information content (AvgIpc) is 2.94. The van der Waals surface area contributed by atoms with Crippen molar-refractivity contribution < 1.29 is 9.59 Å². The molecule has 2 aliphatic rings. The second kappa shape index (κ2) is 9.03. The Morgan fingerprint density at radius 2 is 2.05 bits per heavy atom. The molecule has 0 radical (unpaired) electrons. The van der Waals surface area contributed by atoms with Crippen LogP contribution < -0.4 is 21.7 Å². The number of unbranched alkanes of at least 4 members (excludes halogenated alkanes) is 1. The van der Waals surface area contributed by atoms with Gasteiger partial charge in [-0.05, 0) is 6.42 Å². The molecule has 2 rings (SSSR count). The van der Waals surface area contributed by atoms with Gasteiger partial charge < -0.3 is 21.7 Å². The molecule has 6 nitrogen and oxygen atoms in total. The third-order valence-electron chi connectivity index (χ3n) is 2.94. The first kappa shape index (κ1) is 16.1. The molecule has 0 aromatic heterocycles. The van der Waals surface area contributed by atoms with Crippen molar-refractivity contribution >= 4 is 23.7 Å². The Labute approximate surface area is 118 Å². The molecule has 0 aromatic rings. The van der Waals surface area contributed by atoms with Gasteiger partial charge in [0.1, 0.15) is 0 Å². The third-order valence-corrected chi connectivity index (χ3v) is 4.13. The van der Waals surface area contributed by atoms with E-state index in [0.29, 0.717) is 31.6 Å². The molecule has 0 saturated carbocycles. The number of carbonyl (C=O) groups excluding carboxylic acids is 2. The maximum Gasteiger partial charge on any atom is 0.315 e. The lowest BCUT2D eigenvalue weighted by Gasteiger charge is -2.02. The quantitative estimate of drug-likeness (QED) is 0.537. The van der Waals surface area contributed by atoms with Crippen molar-refractivity contribution in [1.29, 1.82) is 0 Å². The number of nitrogens with one attached hydrogen (secondary N) is 3. The molecule has 0 bridgehead atoms. The van der Waals surface area contributed by atoms with Crippen molar-refractivity contribution in [3.8, 4) is 0 Å². The molecular weight excluding hydrogens is 264 g/mol. The first-order valence-corrected chi connectivity index (χ1v) is 7.94. The molecule has 0 aromatic carbocycles. The summed E-state index contributed by atoms with van der Waals surface area (Å²) in [7, 11) is 0. The van der Waals surface area contributed by atoms with Crippen LogP contribution in [0.2, 0.25) is 0 Å². The largest absolute Gasteiger partial charge is 0.355 e. The highest BCUT2D eigenvalue weighted by Crippen LogP contribution is 2.20. The van der Waals surface area contributed by atoms with Crippen LogP contribution >= 0.6 is 11.8 Å². The number of rotatable bonds is 5. The van der Waals surface area contributed by atoms with E-state index >= 15 is 0 Å². The molecule has 2 atom stereocenters. The fourth-order valence-electron chi connectivity index (χ4n) is 1.85. The second-order valence-electron chi connectivity index (χ2n) is 4.61. The smallest absolute Gasteiger partial charge is 0.315 e. The first-order chi connectivity index (χ1) is 9.17. The van der Waals surface area contributed by atoms with E-state index in [2.05, 4.69) is 22.9 Å². The van der Waals surface area contributed by atoms with E-state index in [4.69, 9.17) is 5.73 Å². The predicted octanol–water partition coefficient (Wildman–Crippen LogP) is 0.0347. The zero-order chi connectivity index (χ0) is 14.1. The van der Waals surface area contributed by atoms with Gasteiger partial charge in [0.15, 0.2) is 0 Å². The zero-order valence-corrected chi connectivity index (χ0v) is 12.2. The van der Waals surface area contributed by atoms with E-state index in [9.17, 15) is 9.59 Å². The van der Waals surface area contributed by atoms with Crippen molar-refractivity contribution in [2.75, 3.05) is 24.6 Å². The topological polar surface area (TPSA) is 96.2 Å². The number of thioether (sulfide) groups is 1. The van der Waals surface area contributed by atoms with Gasteiger partial charge in [-0.25, -0.2) is 4.79 Å². The van der Waals surface area contributed by atoms with Gasteiger partial charge in [-0.3, -0.25) is 4.79 Å². The molecule has 2 aliphatic heterocycles. The summed E-state index contributed by atoms with van der Waals surface area (Å²) < 4.78 is 0. The number of fused-ring (bicyclic) bond motifs is 1. The molecule has 0 aliphatic carbocycles. The van der Waals surface area contributed by atoms with Crippen molar-refractivity contribution in [1.82, 2.24) is 16.0 Å². The lowest BCUT2D eigenvalue weighted by Crippen LogP contribution is -2.31. The Kier molecular flexibility index (Phi) is 7.66. The predicted molar refractivity (Wildman–Crippen MR) is 78.2 cm³/mol. The van der Waals surface area contributed by atoms with E-state index in [1.807, 2.05) is 11.8 Å². The van der Waals surface area contributed by atoms with Crippen molar-refractivity contribution in [2.45, 2.75) is 38.3 Å². The van der Waals surface area contributed by atoms with Crippen LogP contribution in [0.1, 0.15) is 26.2 Å². The van der Waals surface area contributed by atoms with Crippen molar-refractivity contribution in [3.63, 3.8) is 0 Å². The van der Waals surface area contributed by atoms with Crippen molar-refractivity contribution in [2.24, 2.45) is 5.73 Å². The Hall–Kier alpha value is -0.950. The monoisotopic (exact) mass is 288 g/mol. The van der Waals surface area contributed by atoms with Gasteiger partial charge in [-0.1, -0.05) is 13.3 Å². The maximum atomic E-state index is 10.8. The van der Waals surface area contributed by atoms with E-state index in [1.54, 1.807) is 0 Å². The first-order valence-electron chi connectivity index (χ1n) is 6.79. The minimum absolute atomic E-state index is 0.00491. The summed E-state index contributed by atoms with van der Waals surface area (Å²) in [5.74, 6) is 2.26. The highest BCUT2D eigenvalue weighted by molar-refractivity contribution is 7.99. The zero-order valence-electron chi connectivity index (χ0n) is 11.4. The molecule has 5 N–H and O–H groups in total. The minimum atomic E-state index is 0.00491. The molecule has 3 amide bonds. The summed E-state index contributed by atoms with van der Waals surface area (Å²) >= 11 is 1.89. The van der Waals surface area contributed by atoms with Crippen LogP contribution in [0.15, 0.2) is 0 Å². The summed E-state index contributed by atoms with van der Waals surface area (Å²) in [6.07, 6.45) is 2.67. The minimum Gasteiger partial charge on any atom is -0.355 e. The summed E-state index contributed by atoms with van der Waals surface area (Å²) in [5.41, 5.74) is 5.19. The van der Waals surface area contributed by atoms with Gasteiger partial charge in [-0.2, -0.15) is 11.8 Å². The third kappa shape index (κ3) is 6.15. The van der Waals surface area contributed by atoms with Crippen LogP contribution in [-0.2, 0) is 4.79 Å². The standard InChI is InChI=1S/C7H16N2O.C5H8N2OS/c1-2-3-4-7(10)9-6-5-8;8-5-6-3-1-9-2-4(3)7-5/h2-6,8H2,1H3,(H,9,10);3-4H,1-2H2,(H2,6,7,8). The molecule has 0 spiro atoms. The van der Waals surface area contributed by atoms with E-state index < -0.39 is 0 Å². The van der Waals surface area contributed by atoms with Gasteiger partial charge in [-0.15, -0.1) is 0 Å². The fraction of sp³-hybridized carbons (Fsp3) is 0.833. The van der Waals surface area contributed by atoms with Crippen LogP contribution in [0, 0.1) is 0 Å². The summed E-state index contributed by atoms with van der Waals surface area (Å²) in [6, 6.07) is 0.815. The number of amides is 3. The second-order valence-corrected chi connectivity index (χ2v) is 5.69. The number of hydrogen-bond donors (Lipinski definition) is 4. The molecule has 110 valence electrons. The number of nitrogens with two attached hydrogens (primary N) is 1. The lowest BCUT2D eigenvalue weighted by molar-refractivity contribution is -0.121. The van der Waals surface area contributed by atoms with Gasteiger partial charge in [0.2, 0.25) is 5.91 Å². The number of urea groups is 1. The molecule has 19 heavy (non-hydrogen) atoms. The Balaban J connectivity index is 0.000000190. The average molecular weight is 288 g/mol. The molecule has 7 heteroatoms. The lowest BCUT2D eigenvalue weighted by atomic mass is 10.2. The highest BCUT2D eigenvalue weighted by Gasteiger charge is 2.35. The Morgan fingerprint density at radius 1 is 1.42 bits per heavy atom. The Morgan fingerprint density at radius 3 is 2.58 bits per heavy atom. The molecule has 2 fully saturated rings. The van der Waals surface area contributed by atoms with E-state index in [-0.39, 0.29) is 11.9 Å². The molecule has 2 saturated heterocycles. The van der Waals surface area contributed by atoms with E-state index in [0.717, 1.165) is 24.3 Å². The molecule has 2 unspecified atom stereocenters. The Bertz CT molecular complexity index is 277. The summed E-state index contributed by atoms with van der Waals surface area (Å²) in [4.78, 5) is 21.4. The highest BCUT2D eigenvalue weighted by atomic mass is 32.2. The van der Waals surface area contributed by atoms with E-state index in [1.165, 1.54) is 0 Å². The molecular formula is C12H24N4O2S. The molecule has 2 heterocycles. The normalized spacial score (nSPS) is 23.8. The number of hydrogen-bond acceptors (Lipinski definition) is 4. The van der Waals surface area contributed by atoms with Crippen LogP contribution in [0.5, 0.6) is 0 Å². The van der Waals surface area contributed by atoms with Gasteiger partial charge in [0.05, 0.1) is 12.1 Å². The van der Waals surface area contributed by atoms with Crippen molar-refractivity contribution in [3.05, 3.63) is 0 Å². The van der Waals surface area contributed by atoms with Crippen LogP contribution in [-0.4, -0.2) is 48.6 Å². The van der Waals surface area contributed by atoms with Gasteiger partial charge >= 0.3 is 6.03 Å². The maximum absolute atomic E-state index is 10.8. The summed E-state index contributed by atoms with van der Waals surface area (Å²) in [6.45, 7) is 3.19. The van der Waals surface area contributed by atoms with Crippen LogP contribution in [0.3, 0.4) is 0 Å².